The average molecular weight is 379 g/mol. The Hall–Kier alpha value is -2.67. The van der Waals surface area contributed by atoms with Gasteiger partial charge in [-0.25, -0.2) is 0 Å². The summed E-state index contributed by atoms with van der Waals surface area (Å²) in [4.78, 5) is 0. The molecule has 0 aliphatic heterocycles. The van der Waals surface area contributed by atoms with E-state index >= 15 is 0 Å². The van der Waals surface area contributed by atoms with E-state index in [0.717, 1.165) is 17.7 Å². The first-order valence-corrected chi connectivity index (χ1v) is 8.68. The number of hydrogen-bond acceptors (Lipinski definition) is 4. The topological polar surface area (TPSA) is 44.5 Å². The molecule has 2 N–H and O–H groups in total. The van der Waals surface area contributed by atoms with E-state index < -0.39 is 11.7 Å². The van der Waals surface area contributed by atoms with Crippen molar-refractivity contribution in [2.75, 3.05) is 5.73 Å². The maximum atomic E-state index is 12.7. The summed E-state index contributed by atoms with van der Waals surface area (Å²) in [6.07, 6.45) is -4.37. The van der Waals surface area contributed by atoms with Crippen molar-refractivity contribution in [1.29, 1.82) is 0 Å². The van der Waals surface area contributed by atoms with Crippen LogP contribution in [0.4, 0.5) is 18.9 Å². The largest absolute Gasteiger partial charge is 0.489 e. The molecule has 0 spiro atoms. The third-order valence-electron chi connectivity index (χ3n) is 3.64. The molecule has 3 aromatic rings. The van der Waals surface area contributed by atoms with Gasteiger partial charge in [-0.05, 0) is 35.2 Å². The summed E-state index contributed by atoms with van der Waals surface area (Å²) in [5, 5.41) is 3.76. The van der Waals surface area contributed by atoms with Crippen molar-refractivity contribution < 1.29 is 22.6 Å². The molecule has 0 bridgehead atoms. The summed E-state index contributed by atoms with van der Waals surface area (Å²) in [6.45, 7) is 0.372. The molecule has 7 heteroatoms. The summed E-state index contributed by atoms with van der Waals surface area (Å²) in [5.41, 5.74) is 7.16. The van der Waals surface area contributed by atoms with Crippen LogP contribution < -0.4 is 15.2 Å². The number of ether oxygens (including phenoxy) is 2. The Morgan fingerprint density at radius 1 is 0.885 bits per heavy atom. The quantitative estimate of drug-likeness (QED) is 0.614. The first-order valence-electron chi connectivity index (χ1n) is 7.74. The van der Waals surface area contributed by atoms with Crippen molar-refractivity contribution in [3.05, 3.63) is 76.0 Å². The number of nitrogens with two attached hydrogens (primary N) is 1. The fourth-order valence-electron chi connectivity index (χ4n) is 2.27. The van der Waals surface area contributed by atoms with Gasteiger partial charge in [0.1, 0.15) is 24.7 Å². The smallest absolute Gasteiger partial charge is 0.416 e. The zero-order valence-electron chi connectivity index (χ0n) is 13.6. The maximum absolute atomic E-state index is 12.7. The Labute approximate surface area is 152 Å². The summed E-state index contributed by atoms with van der Waals surface area (Å²) < 4.78 is 49.5. The van der Waals surface area contributed by atoms with Gasteiger partial charge in [-0.15, -0.1) is 11.3 Å². The molecular formula is C19H16F3NO2S. The highest BCUT2D eigenvalue weighted by Gasteiger charge is 2.30. The first kappa shape index (κ1) is 18.1. The van der Waals surface area contributed by atoms with Crippen molar-refractivity contribution in [2.24, 2.45) is 0 Å². The number of thiophene rings is 1. The molecule has 1 heterocycles. The van der Waals surface area contributed by atoms with E-state index in [2.05, 4.69) is 0 Å². The number of halogens is 3. The van der Waals surface area contributed by atoms with E-state index in [1.54, 1.807) is 30.3 Å². The van der Waals surface area contributed by atoms with Gasteiger partial charge >= 0.3 is 6.18 Å². The minimum Gasteiger partial charge on any atom is -0.489 e. The molecule has 0 fully saturated rings. The van der Waals surface area contributed by atoms with Gasteiger partial charge in [-0.2, -0.15) is 13.2 Å². The number of nitrogen functional groups attached to an aromatic ring is 1. The molecule has 0 saturated heterocycles. The van der Waals surface area contributed by atoms with E-state index in [1.165, 1.54) is 17.4 Å². The zero-order valence-corrected chi connectivity index (χ0v) is 14.4. The van der Waals surface area contributed by atoms with Crippen molar-refractivity contribution in [2.45, 2.75) is 19.4 Å². The average Bonchev–Trinajstić information content (AvgIpc) is 3.03. The number of hydrogen-bond donors (Lipinski definition) is 1. The van der Waals surface area contributed by atoms with Gasteiger partial charge < -0.3 is 15.2 Å². The Kier molecular flexibility index (Phi) is 5.37. The van der Waals surface area contributed by atoms with Crippen LogP contribution in [0.3, 0.4) is 0 Å². The van der Waals surface area contributed by atoms with Gasteiger partial charge in [0.2, 0.25) is 0 Å². The van der Waals surface area contributed by atoms with Gasteiger partial charge in [-0.1, -0.05) is 18.2 Å². The maximum Gasteiger partial charge on any atom is 0.416 e. The van der Waals surface area contributed by atoms with Gasteiger partial charge in [0.15, 0.2) is 0 Å². The molecule has 3 rings (SSSR count). The van der Waals surface area contributed by atoms with Gasteiger partial charge in [-0.3, -0.25) is 0 Å². The second kappa shape index (κ2) is 7.70. The van der Waals surface area contributed by atoms with Crippen LogP contribution in [0.25, 0.3) is 0 Å². The first-order chi connectivity index (χ1) is 12.4. The number of benzene rings is 2. The van der Waals surface area contributed by atoms with Crippen molar-refractivity contribution in [3.63, 3.8) is 0 Å². The molecule has 0 aliphatic rings. The molecule has 0 saturated carbocycles. The van der Waals surface area contributed by atoms with Gasteiger partial charge in [0.05, 0.1) is 5.56 Å². The molecule has 26 heavy (non-hydrogen) atoms. The Bertz CT molecular complexity index is 877. The summed E-state index contributed by atoms with van der Waals surface area (Å²) in [7, 11) is 0. The molecule has 0 amide bonds. The molecular weight excluding hydrogens is 363 g/mol. The van der Waals surface area contributed by atoms with Crippen LogP contribution in [0, 0.1) is 0 Å². The monoisotopic (exact) mass is 379 g/mol. The number of alkyl halides is 3. The van der Waals surface area contributed by atoms with Gasteiger partial charge in [0, 0.05) is 22.7 Å². The highest BCUT2D eigenvalue weighted by molar-refractivity contribution is 7.08. The van der Waals surface area contributed by atoms with Crippen LogP contribution in [-0.2, 0) is 19.4 Å². The lowest BCUT2D eigenvalue weighted by Gasteiger charge is -2.11. The molecule has 136 valence electrons. The fourth-order valence-corrected chi connectivity index (χ4v) is 3.00. The fraction of sp³-hybridized carbons (Fsp3) is 0.158. The Balaban J connectivity index is 1.61. The summed E-state index contributed by atoms with van der Waals surface area (Å²) in [6, 6.07) is 12.0. The lowest BCUT2D eigenvalue weighted by Crippen LogP contribution is -2.06. The molecule has 0 unspecified atom stereocenters. The predicted molar refractivity (Wildman–Crippen MR) is 95.3 cm³/mol. The van der Waals surface area contributed by atoms with Gasteiger partial charge in [0.25, 0.3) is 0 Å². The van der Waals surface area contributed by atoms with Crippen molar-refractivity contribution in [3.8, 4) is 11.5 Å². The zero-order chi connectivity index (χ0) is 18.6. The van der Waals surface area contributed by atoms with Crippen molar-refractivity contribution in [1.82, 2.24) is 0 Å². The van der Waals surface area contributed by atoms with Crippen LogP contribution in [0.15, 0.2) is 59.3 Å². The number of rotatable bonds is 6. The standard InChI is InChI=1S/C19H16F3NO2S/c20-19(21,22)15-4-1-3-13(7-15)9-24-16-5-2-6-17(8-16)25-10-14-11-26-12-18(14)23/h1-8,11-12H,9-10,23H2. The minimum atomic E-state index is -4.37. The SMILES string of the molecule is Nc1cscc1COc1cccc(OCc2cccc(C(F)(F)F)c2)c1. The molecule has 0 radical (unpaired) electrons. The van der Waals surface area contributed by atoms with Crippen molar-refractivity contribution >= 4 is 17.0 Å². The summed E-state index contributed by atoms with van der Waals surface area (Å²) >= 11 is 1.50. The third kappa shape index (κ3) is 4.70. The van der Waals surface area contributed by atoms with E-state index in [9.17, 15) is 13.2 Å². The van der Waals surface area contributed by atoms with E-state index in [1.807, 2.05) is 10.8 Å². The molecule has 1 aromatic heterocycles. The highest BCUT2D eigenvalue weighted by Crippen LogP contribution is 2.30. The summed E-state index contributed by atoms with van der Waals surface area (Å²) in [5.74, 6) is 1.11. The lowest BCUT2D eigenvalue weighted by molar-refractivity contribution is -0.137. The molecule has 2 aromatic carbocycles. The molecule has 3 nitrogen and oxygen atoms in total. The minimum absolute atomic E-state index is 0.0326. The van der Waals surface area contributed by atoms with Crippen LogP contribution in [0.2, 0.25) is 0 Å². The number of anilines is 1. The highest BCUT2D eigenvalue weighted by atomic mass is 32.1. The van der Waals surface area contributed by atoms with E-state index in [0.29, 0.717) is 29.4 Å². The van der Waals surface area contributed by atoms with Crippen LogP contribution in [-0.4, -0.2) is 0 Å². The Morgan fingerprint density at radius 3 is 2.23 bits per heavy atom. The molecule has 0 aliphatic carbocycles. The molecule has 0 atom stereocenters. The van der Waals surface area contributed by atoms with E-state index in [-0.39, 0.29) is 6.61 Å². The van der Waals surface area contributed by atoms with Crippen LogP contribution in [0.1, 0.15) is 16.7 Å². The third-order valence-corrected chi connectivity index (χ3v) is 4.45. The Morgan fingerprint density at radius 2 is 1.58 bits per heavy atom. The second-order valence-electron chi connectivity index (χ2n) is 5.60. The predicted octanol–water partition coefficient (Wildman–Crippen LogP) is 5.51. The van der Waals surface area contributed by atoms with E-state index in [4.69, 9.17) is 15.2 Å². The van der Waals surface area contributed by atoms with Crippen LogP contribution >= 0.6 is 11.3 Å². The lowest BCUT2D eigenvalue weighted by atomic mass is 10.1. The second-order valence-corrected chi connectivity index (χ2v) is 6.35. The van der Waals surface area contributed by atoms with Crippen LogP contribution in [0.5, 0.6) is 11.5 Å². The normalized spacial score (nSPS) is 11.3.